The molecular weight excluding hydrogens is 459 g/mol. The van der Waals surface area contributed by atoms with E-state index < -0.39 is 15.9 Å². The lowest BCUT2D eigenvalue weighted by atomic mass is 10.2. The van der Waals surface area contributed by atoms with Crippen molar-refractivity contribution in [2.45, 2.75) is 11.8 Å². The van der Waals surface area contributed by atoms with Gasteiger partial charge in [0, 0.05) is 5.56 Å². The normalized spacial score (nSPS) is 11.1. The Hall–Kier alpha value is -2.74. The summed E-state index contributed by atoms with van der Waals surface area (Å²) in [5.74, 6) is 0.0623. The Morgan fingerprint density at radius 2 is 1.68 bits per heavy atom. The molecule has 2 N–H and O–H groups in total. The van der Waals surface area contributed by atoms with Crippen molar-refractivity contribution in [2.24, 2.45) is 0 Å². The van der Waals surface area contributed by atoms with Crippen LogP contribution in [0.25, 0.3) is 0 Å². The van der Waals surface area contributed by atoms with Crippen LogP contribution in [0.1, 0.15) is 15.9 Å². The van der Waals surface area contributed by atoms with Crippen molar-refractivity contribution in [3.05, 3.63) is 87.9 Å². The molecule has 0 aliphatic heterocycles. The summed E-state index contributed by atoms with van der Waals surface area (Å²) in [5.41, 5.74) is 1.35. The van der Waals surface area contributed by atoms with Gasteiger partial charge in [-0.3, -0.25) is 9.52 Å². The van der Waals surface area contributed by atoms with Crippen LogP contribution in [0, 0.1) is 6.92 Å². The molecule has 3 aromatic rings. The summed E-state index contributed by atoms with van der Waals surface area (Å²) in [4.78, 5) is 12.3. The van der Waals surface area contributed by atoms with Crippen molar-refractivity contribution in [3.63, 3.8) is 0 Å². The third-order valence-corrected chi connectivity index (χ3v) is 6.51. The van der Waals surface area contributed by atoms with Gasteiger partial charge in [0.2, 0.25) is 0 Å². The molecule has 0 saturated carbocycles. The molecule has 0 spiro atoms. The molecule has 0 unspecified atom stereocenters. The Morgan fingerprint density at radius 3 is 2.42 bits per heavy atom. The Labute approximate surface area is 191 Å². The van der Waals surface area contributed by atoms with Crippen LogP contribution in [0.2, 0.25) is 10.0 Å². The molecule has 0 aliphatic rings. The van der Waals surface area contributed by atoms with E-state index >= 15 is 0 Å². The van der Waals surface area contributed by atoms with Crippen molar-refractivity contribution >= 4 is 44.8 Å². The van der Waals surface area contributed by atoms with Crippen LogP contribution in [0.15, 0.2) is 71.6 Å². The van der Waals surface area contributed by atoms with Gasteiger partial charge in [-0.15, -0.1) is 0 Å². The average Bonchev–Trinajstić information content (AvgIpc) is 2.74. The van der Waals surface area contributed by atoms with E-state index in [-0.39, 0.29) is 28.6 Å². The first-order chi connectivity index (χ1) is 14.8. The van der Waals surface area contributed by atoms with Crippen LogP contribution < -0.4 is 14.8 Å². The molecule has 0 radical (unpaired) electrons. The second-order valence-electron chi connectivity index (χ2n) is 6.60. The van der Waals surface area contributed by atoms with E-state index in [0.29, 0.717) is 16.5 Å². The van der Waals surface area contributed by atoms with Gasteiger partial charge in [0.05, 0.1) is 22.3 Å². The van der Waals surface area contributed by atoms with Crippen LogP contribution in [0.5, 0.6) is 5.75 Å². The number of hydrogen-bond acceptors (Lipinski definition) is 4. The largest absolute Gasteiger partial charge is 0.490 e. The monoisotopic (exact) mass is 478 g/mol. The van der Waals surface area contributed by atoms with Gasteiger partial charge in [0.25, 0.3) is 15.9 Å². The minimum absolute atomic E-state index is 0.0136. The molecular formula is C22H20Cl2N2O4S. The number of ether oxygens (including phenoxy) is 1. The predicted octanol–water partition coefficient (Wildman–Crippen LogP) is 4.91. The highest BCUT2D eigenvalue weighted by atomic mass is 35.5. The SMILES string of the molecule is Cc1ccccc1NS(=O)(=O)c1cc(C(=O)NCCOc2ccccc2Cl)ccc1Cl. The summed E-state index contributed by atoms with van der Waals surface area (Å²) < 4.78 is 33.7. The Morgan fingerprint density at radius 1 is 0.968 bits per heavy atom. The summed E-state index contributed by atoms with van der Waals surface area (Å²) >= 11 is 12.1. The number of benzene rings is 3. The molecule has 0 fully saturated rings. The van der Waals surface area contributed by atoms with Gasteiger partial charge >= 0.3 is 0 Å². The molecule has 31 heavy (non-hydrogen) atoms. The second-order valence-corrected chi connectivity index (χ2v) is 9.07. The number of nitrogens with one attached hydrogen (secondary N) is 2. The number of anilines is 1. The fourth-order valence-electron chi connectivity index (χ4n) is 2.73. The van der Waals surface area contributed by atoms with Gasteiger partial charge in [0.15, 0.2) is 0 Å². The van der Waals surface area contributed by atoms with E-state index in [1.807, 2.05) is 0 Å². The molecule has 9 heteroatoms. The summed E-state index contributed by atoms with van der Waals surface area (Å²) in [6.07, 6.45) is 0. The van der Waals surface area contributed by atoms with Crippen LogP contribution in [-0.2, 0) is 10.0 Å². The number of sulfonamides is 1. The summed E-state index contributed by atoms with van der Waals surface area (Å²) in [7, 11) is -3.99. The maximum absolute atomic E-state index is 12.8. The van der Waals surface area contributed by atoms with Gasteiger partial charge in [-0.25, -0.2) is 8.42 Å². The lowest BCUT2D eigenvalue weighted by Gasteiger charge is -2.13. The molecule has 0 bridgehead atoms. The van der Waals surface area contributed by atoms with Crippen molar-refractivity contribution < 1.29 is 17.9 Å². The molecule has 0 saturated heterocycles. The van der Waals surface area contributed by atoms with Gasteiger partial charge in [0.1, 0.15) is 17.3 Å². The molecule has 0 aliphatic carbocycles. The highest BCUT2D eigenvalue weighted by Gasteiger charge is 2.21. The third kappa shape index (κ3) is 5.91. The van der Waals surface area contributed by atoms with Gasteiger partial charge in [-0.2, -0.15) is 0 Å². The van der Waals surface area contributed by atoms with E-state index in [4.69, 9.17) is 27.9 Å². The number of amides is 1. The van der Waals surface area contributed by atoms with Crippen LogP contribution >= 0.6 is 23.2 Å². The number of rotatable bonds is 8. The minimum atomic E-state index is -3.99. The average molecular weight is 479 g/mol. The number of carbonyl (C=O) groups excluding carboxylic acids is 1. The smallest absolute Gasteiger partial charge is 0.263 e. The zero-order chi connectivity index (χ0) is 22.4. The number of aryl methyl sites for hydroxylation is 1. The Kier molecular flexibility index (Phi) is 7.43. The maximum Gasteiger partial charge on any atom is 0.263 e. The first-order valence-electron chi connectivity index (χ1n) is 9.31. The first-order valence-corrected chi connectivity index (χ1v) is 11.6. The minimum Gasteiger partial charge on any atom is -0.490 e. The van der Waals surface area contributed by atoms with Crippen molar-refractivity contribution in [1.29, 1.82) is 0 Å². The zero-order valence-electron chi connectivity index (χ0n) is 16.6. The van der Waals surface area contributed by atoms with E-state index in [1.54, 1.807) is 55.5 Å². The highest BCUT2D eigenvalue weighted by molar-refractivity contribution is 7.92. The topological polar surface area (TPSA) is 84.5 Å². The van der Waals surface area contributed by atoms with Crippen molar-refractivity contribution in [1.82, 2.24) is 5.32 Å². The first kappa shape index (κ1) is 22.9. The summed E-state index contributed by atoms with van der Waals surface area (Å²) in [6.45, 7) is 2.19. The molecule has 162 valence electrons. The fraction of sp³-hybridized carbons (Fsp3) is 0.136. The van der Waals surface area contributed by atoms with Crippen molar-refractivity contribution in [3.8, 4) is 5.75 Å². The highest BCUT2D eigenvalue weighted by Crippen LogP contribution is 2.26. The molecule has 0 atom stereocenters. The second kappa shape index (κ2) is 10.0. The van der Waals surface area contributed by atoms with E-state index in [9.17, 15) is 13.2 Å². The molecule has 3 aromatic carbocycles. The van der Waals surface area contributed by atoms with Gasteiger partial charge in [-0.05, 0) is 48.9 Å². The van der Waals surface area contributed by atoms with Crippen LogP contribution in [0.3, 0.4) is 0 Å². The molecule has 1 amide bonds. The lowest BCUT2D eigenvalue weighted by Crippen LogP contribution is -2.28. The maximum atomic E-state index is 12.8. The quantitative estimate of drug-likeness (QED) is 0.450. The van der Waals surface area contributed by atoms with Gasteiger partial charge < -0.3 is 10.1 Å². The molecule has 0 aromatic heterocycles. The number of hydrogen-bond donors (Lipinski definition) is 2. The standard InChI is InChI=1S/C22H20Cl2N2O4S/c1-15-6-2-4-8-19(15)26-31(28,29)21-14-16(10-11-18(21)24)22(27)25-12-13-30-20-9-5-3-7-17(20)23/h2-11,14,26H,12-13H2,1H3,(H,25,27). The molecule has 0 heterocycles. The molecule has 6 nitrogen and oxygen atoms in total. The Bertz CT molecular complexity index is 1200. The zero-order valence-corrected chi connectivity index (χ0v) is 18.9. The van der Waals surface area contributed by atoms with Crippen LogP contribution in [0.4, 0.5) is 5.69 Å². The Balaban J connectivity index is 1.67. The predicted molar refractivity (Wildman–Crippen MR) is 123 cm³/mol. The fourth-order valence-corrected chi connectivity index (χ4v) is 4.58. The van der Waals surface area contributed by atoms with Crippen molar-refractivity contribution in [2.75, 3.05) is 17.9 Å². The van der Waals surface area contributed by atoms with E-state index in [2.05, 4.69) is 10.0 Å². The van der Waals surface area contributed by atoms with E-state index in [1.165, 1.54) is 18.2 Å². The third-order valence-electron chi connectivity index (χ3n) is 4.35. The van der Waals surface area contributed by atoms with Gasteiger partial charge in [-0.1, -0.05) is 53.5 Å². The lowest BCUT2D eigenvalue weighted by molar-refractivity contribution is 0.0947. The number of carbonyl (C=O) groups is 1. The number of para-hydroxylation sites is 2. The van der Waals surface area contributed by atoms with E-state index in [0.717, 1.165) is 5.56 Å². The molecule has 3 rings (SSSR count). The van der Waals surface area contributed by atoms with Crippen LogP contribution in [-0.4, -0.2) is 27.5 Å². The summed E-state index contributed by atoms with van der Waals surface area (Å²) in [6, 6.07) is 18.1. The summed E-state index contributed by atoms with van der Waals surface area (Å²) in [5, 5.41) is 3.17. The number of halogens is 2.